The van der Waals surface area contributed by atoms with Crippen LogP contribution in [0.3, 0.4) is 0 Å². The molecule has 0 bridgehead atoms. The number of halogens is 2. The Bertz CT molecular complexity index is 463. The van der Waals surface area contributed by atoms with Crippen molar-refractivity contribution in [2.75, 3.05) is 6.54 Å². The van der Waals surface area contributed by atoms with Crippen LogP contribution < -0.4 is 0 Å². The lowest BCUT2D eigenvalue weighted by atomic mass is 9.91. The van der Waals surface area contributed by atoms with E-state index in [2.05, 4.69) is 6.92 Å². The maximum absolute atomic E-state index is 13.7. The second-order valence-corrected chi connectivity index (χ2v) is 5.42. The van der Waals surface area contributed by atoms with E-state index in [-0.39, 0.29) is 17.5 Å². The lowest BCUT2D eigenvalue weighted by Gasteiger charge is -2.38. The minimum atomic E-state index is -0.505. The molecule has 0 aliphatic carbocycles. The van der Waals surface area contributed by atoms with Gasteiger partial charge in [-0.3, -0.25) is 4.79 Å². The van der Waals surface area contributed by atoms with Crippen LogP contribution in [0.25, 0.3) is 0 Å². The number of benzene rings is 1. The zero-order chi connectivity index (χ0) is 13.3. The van der Waals surface area contributed by atoms with Crippen molar-refractivity contribution in [1.82, 2.24) is 4.90 Å². The number of hydrogen-bond donors (Lipinski definition) is 0. The van der Waals surface area contributed by atoms with E-state index >= 15 is 0 Å². The molecule has 1 aliphatic rings. The normalized spacial score (nSPS) is 24.1. The average molecular weight is 270 g/mol. The van der Waals surface area contributed by atoms with Crippen molar-refractivity contribution in [2.45, 2.75) is 32.7 Å². The van der Waals surface area contributed by atoms with Crippen molar-refractivity contribution in [1.29, 1.82) is 0 Å². The highest BCUT2D eigenvalue weighted by molar-refractivity contribution is 6.31. The molecule has 0 N–H and O–H groups in total. The number of carbonyl (C=O) groups is 1. The van der Waals surface area contributed by atoms with Crippen molar-refractivity contribution in [3.8, 4) is 0 Å². The van der Waals surface area contributed by atoms with E-state index in [0.717, 1.165) is 12.8 Å². The second kappa shape index (κ2) is 5.27. The van der Waals surface area contributed by atoms with Crippen LogP contribution in [0, 0.1) is 11.7 Å². The van der Waals surface area contributed by atoms with E-state index in [1.807, 2.05) is 6.92 Å². The molecule has 1 heterocycles. The van der Waals surface area contributed by atoms with Crippen molar-refractivity contribution in [3.63, 3.8) is 0 Å². The summed E-state index contributed by atoms with van der Waals surface area (Å²) < 4.78 is 13.7. The lowest BCUT2D eigenvalue weighted by molar-refractivity contribution is 0.0546. The Hall–Kier alpha value is -1.09. The first-order valence-electron chi connectivity index (χ1n) is 6.26. The SMILES string of the molecule is CC1CCCN(C(=O)c2cc(Cl)ccc2F)C1C. The molecule has 0 aromatic heterocycles. The lowest BCUT2D eigenvalue weighted by Crippen LogP contribution is -2.46. The van der Waals surface area contributed by atoms with Crippen LogP contribution in [-0.2, 0) is 0 Å². The van der Waals surface area contributed by atoms with E-state index < -0.39 is 5.82 Å². The van der Waals surface area contributed by atoms with Gasteiger partial charge in [-0.1, -0.05) is 18.5 Å². The molecule has 2 atom stereocenters. The van der Waals surface area contributed by atoms with E-state index in [4.69, 9.17) is 11.6 Å². The Morgan fingerprint density at radius 3 is 2.89 bits per heavy atom. The van der Waals surface area contributed by atoms with Gasteiger partial charge in [0.1, 0.15) is 5.82 Å². The van der Waals surface area contributed by atoms with Crippen LogP contribution in [0.1, 0.15) is 37.0 Å². The Kier molecular flexibility index (Phi) is 3.91. The zero-order valence-electron chi connectivity index (χ0n) is 10.6. The van der Waals surface area contributed by atoms with Crippen molar-refractivity contribution < 1.29 is 9.18 Å². The molecule has 18 heavy (non-hydrogen) atoms. The molecule has 1 amide bonds. The number of carbonyl (C=O) groups excluding carboxylic acids is 1. The fourth-order valence-electron chi connectivity index (χ4n) is 2.44. The molecule has 4 heteroatoms. The Balaban J connectivity index is 2.27. The van der Waals surface area contributed by atoms with E-state index in [1.165, 1.54) is 18.2 Å². The zero-order valence-corrected chi connectivity index (χ0v) is 11.4. The molecular formula is C14H17ClFNO. The predicted octanol–water partition coefficient (Wildman–Crippen LogP) is 3.74. The molecule has 1 aromatic carbocycles. The average Bonchev–Trinajstić information content (AvgIpc) is 2.35. The van der Waals surface area contributed by atoms with Crippen molar-refractivity contribution in [2.24, 2.45) is 5.92 Å². The number of amides is 1. The molecule has 2 nitrogen and oxygen atoms in total. The molecular weight excluding hydrogens is 253 g/mol. The molecule has 0 saturated carbocycles. The summed E-state index contributed by atoms with van der Waals surface area (Å²) in [6.45, 7) is 4.83. The standard InChI is InChI=1S/C14H17ClFNO/c1-9-4-3-7-17(10(9)2)14(18)12-8-11(15)5-6-13(12)16/h5-6,8-10H,3-4,7H2,1-2H3. The van der Waals surface area contributed by atoms with E-state index in [1.54, 1.807) is 4.90 Å². The molecule has 1 aromatic rings. The van der Waals surface area contributed by atoms with Gasteiger partial charge in [-0.2, -0.15) is 0 Å². The summed E-state index contributed by atoms with van der Waals surface area (Å²) in [5.74, 6) is -0.311. The van der Waals surface area contributed by atoms with Crippen LogP contribution in [0.2, 0.25) is 5.02 Å². The van der Waals surface area contributed by atoms with Crippen LogP contribution in [0.5, 0.6) is 0 Å². The topological polar surface area (TPSA) is 20.3 Å². The minimum Gasteiger partial charge on any atom is -0.336 e. The maximum Gasteiger partial charge on any atom is 0.257 e. The van der Waals surface area contributed by atoms with Gasteiger partial charge in [0.2, 0.25) is 0 Å². The highest BCUT2D eigenvalue weighted by Crippen LogP contribution is 2.26. The van der Waals surface area contributed by atoms with Gasteiger partial charge < -0.3 is 4.90 Å². The summed E-state index contributed by atoms with van der Waals surface area (Å²) in [6.07, 6.45) is 2.09. The monoisotopic (exact) mass is 269 g/mol. The van der Waals surface area contributed by atoms with Gasteiger partial charge in [0.25, 0.3) is 5.91 Å². The predicted molar refractivity (Wildman–Crippen MR) is 70.3 cm³/mol. The summed E-state index contributed by atoms with van der Waals surface area (Å²) in [5.41, 5.74) is 0.0726. The van der Waals surface area contributed by atoms with Gasteiger partial charge in [0.05, 0.1) is 5.56 Å². The summed E-state index contributed by atoms with van der Waals surface area (Å²) in [5, 5.41) is 0.387. The summed E-state index contributed by atoms with van der Waals surface area (Å²) in [7, 11) is 0. The van der Waals surface area contributed by atoms with Crippen molar-refractivity contribution in [3.05, 3.63) is 34.6 Å². The molecule has 1 aliphatic heterocycles. The van der Waals surface area contributed by atoms with Gasteiger partial charge >= 0.3 is 0 Å². The number of rotatable bonds is 1. The number of likely N-dealkylation sites (tertiary alicyclic amines) is 1. The summed E-state index contributed by atoms with van der Waals surface area (Å²) in [4.78, 5) is 14.1. The third-order valence-corrected chi connectivity index (χ3v) is 4.03. The third-order valence-electron chi connectivity index (χ3n) is 3.79. The molecule has 98 valence electrons. The molecule has 2 rings (SSSR count). The van der Waals surface area contributed by atoms with Gasteiger partial charge in [0, 0.05) is 17.6 Å². The second-order valence-electron chi connectivity index (χ2n) is 4.98. The minimum absolute atomic E-state index is 0.0726. The van der Waals surface area contributed by atoms with Gasteiger partial charge in [-0.25, -0.2) is 4.39 Å². The maximum atomic E-state index is 13.7. The Morgan fingerprint density at radius 2 is 2.17 bits per heavy atom. The van der Waals surface area contributed by atoms with Gasteiger partial charge in [0.15, 0.2) is 0 Å². The number of nitrogens with zero attached hydrogens (tertiary/aromatic N) is 1. The first-order chi connectivity index (χ1) is 8.50. The number of piperidine rings is 1. The largest absolute Gasteiger partial charge is 0.336 e. The number of hydrogen-bond acceptors (Lipinski definition) is 1. The fraction of sp³-hybridized carbons (Fsp3) is 0.500. The molecule has 0 spiro atoms. The van der Waals surface area contributed by atoms with Crippen molar-refractivity contribution >= 4 is 17.5 Å². The summed E-state index contributed by atoms with van der Waals surface area (Å²) in [6, 6.07) is 4.25. The molecule has 1 fully saturated rings. The van der Waals surface area contributed by atoms with Gasteiger partial charge in [-0.05, 0) is 43.9 Å². The van der Waals surface area contributed by atoms with E-state index in [9.17, 15) is 9.18 Å². The Morgan fingerprint density at radius 1 is 1.44 bits per heavy atom. The Labute approximate surface area is 112 Å². The van der Waals surface area contributed by atoms with Crippen LogP contribution >= 0.6 is 11.6 Å². The highest BCUT2D eigenvalue weighted by Gasteiger charge is 2.30. The van der Waals surface area contributed by atoms with Crippen LogP contribution in [0.4, 0.5) is 4.39 Å². The van der Waals surface area contributed by atoms with Crippen LogP contribution in [0.15, 0.2) is 18.2 Å². The van der Waals surface area contributed by atoms with Crippen LogP contribution in [-0.4, -0.2) is 23.4 Å². The third kappa shape index (κ3) is 2.51. The first kappa shape index (κ1) is 13.3. The molecule has 1 saturated heterocycles. The molecule has 0 radical (unpaired) electrons. The first-order valence-corrected chi connectivity index (χ1v) is 6.64. The van der Waals surface area contributed by atoms with E-state index in [0.29, 0.717) is 17.5 Å². The quantitative estimate of drug-likeness (QED) is 0.761. The smallest absolute Gasteiger partial charge is 0.257 e. The highest BCUT2D eigenvalue weighted by atomic mass is 35.5. The summed E-state index contributed by atoms with van der Waals surface area (Å²) >= 11 is 5.83. The van der Waals surface area contributed by atoms with Gasteiger partial charge in [-0.15, -0.1) is 0 Å². The molecule has 2 unspecified atom stereocenters. The fourth-order valence-corrected chi connectivity index (χ4v) is 2.61.